The van der Waals surface area contributed by atoms with Gasteiger partial charge in [0.15, 0.2) is 0 Å². The second-order valence-corrected chi connectivity index (χ2v) is 5.83. The molecule has 0 unspecified atom stereocenters. The molecular formula is C20H21N4O4. The van der Waals surface area contributed by atoms with Gasteiger partial charge in [-0.25, -0.2) is 5.84 Å². The molecule has 2 aromatic carbocycles. The Balaban J connectivity index is 2.32. The smallest absolute Gasteiger partial charge is 0.260 e. The maximum Gasteiger partial charge on any atom is 0.260 e. The molecule has 0 heterocycles. The van der Waals surface area contributed by atoms with Crippen LogP contribution in [0, 0.1) is 6.07 Å². The van der Waals surface area contributed by atoms with Gasteiger partial charge in [0.1, 0.15) is 0 Å². The van der Waals surface area contributed by atoms with Gasteiger partial charge in [0.05, 0.1) is 16.9 Å². The number of carbonyl (C=O) groups is 4. The first kappa shape index (κ1) is 20.8. The first-order valence-electron chi connectivity index (χ1n) is 8.70. The molecule has 0 saturated heterocycles. The number of amides is 4. The summed E-state index contributed by atoms with van der Waals surface area (Å²) in [5.74, 6) is 4.22. The van der Waals surface area contributed by atoms with E-state index in [0.29, 0.717) is 11.4 Å². The maximum absolute atomic E-state index is 12.4. The third kappa shape index (κ3) is 5.01. The predicted octanol–water partition coefficient (Wildman–Crippen LogP) is 1.83. The molecule has 0 aliphatic rings. The molecule has 0 saturated carbocycles. The normalized spacial score (nSPS) is 10.1. The van der Waals surface area contributed by atoms with E-state index in [0.717, 1.165) is 0 Å². The number of imide groups is 2. The van der Waals surface area contributed by atoms with E-state index in [-0.39, 0.29) is 24.0 Å². The van der Waals surface area contributed by atoms with Gasteiger partial charge in [0.25, 0.3) is 11.8 Å². The minimum absolute atomic E-state index is 0.155. The lowest BCUT2D eigenvalue weighted by atomic mass is 10.1. The van der Waals surface area contributed by atoms with Crippen LogP contribution in [0.5, 0.6) is 0 Å². The number of nitrogens with one attached hydrogen (secondary N) is 2. The molecule has 0 aliphatic carbocycles. The van der Waals surface area contributed by atoms with Gasteiger partial charge in [0.2, 0.25) is 11.8 Å². The van der Waals surface area contributed by atoms with E-state index in [1.165, 1.54) is 17.1 Å². The highest BCUT2D eigenvalue weighted by molar-refractivity contribution is 6.08. The molecule has 0 bridgehead atoms. The second kappa shape index (κ2) is 9.43. The highest BCUT2D eigenvalue weighted by Crippen LogP contribution is 2.26. The zero-order valence-corrected chi connectivity index (χ0v) is 15.6. The van der Waals surface area contributed by atoms with E-state index in [2.05, 4.69) is 16.7 Å². The number of carbonyl (C=O) groups excluding carboxylic acids is 4. The highest BCUT2D eigenvalue weighted by Gasteiger charge is 2.18. The monoisotopic (exact) mass is 381 g/mol. The Hall–Kier alpha value is -3.52. The van der Waals surface area contributed by atoms with Gasteiger partial charge in [-0.3, -0.25) is 34.8 Å². The van der Waals surface area contributed by atoms with Gasteiger partial charge in [-0.15, -0.1) is 0 Å². The van der Waals surface area contributed by atoms with Crippen LogP contribution < -0.4 is 21.5 Å². The molecule has 4 amide bonds. The molecule has 0 spiro atoms. The zero-order valence-electron chi connectivity index (χ0n) is 15.6. The highest BCUT2D eigenvalue weighted by atomic mass is 16.2. The van der Waals surface area contributed by atoms with Crippen LogP contribution in [0.25, 0.3) is 0 Å². The summed E-state index contributed by atoms with van der Waals surface area (Å²) in [7, 11) is 0. The average molecular weight is 381 g/mol. The van der Waals surface area contributed by atoms with Gasteiger partial charge in [-0.1, -0.05) is 26.0 Å². The van der Waals surface area contributed by atoms with Crippen LogP contribution in [0.15, 0.2) is 42.5 Å². The molecule has 28 heavy (non-hydrogen) atoms. The Kier molecular flexibility index (Phi) is 7.00. The first-order valence-corrected chi connectivity index (χ1v) is 8.70. The summed E-state index contributed by atoms with van der Waals surface area (Å²) in [6, 6.07) is 13.6. The summed E-state index contributed by atoms with van der Waals surface area (Å²) in [5.41, 5.74) is 1.13. The molecule has 8 nitrogen and oxygen atoms in total. The van der Waals surface area contributed by atoms with Crippen molar-refractivity contribution in [1.82, 2.24) is 10.6 Å². The van der Waals surface area contributed by atoms with Crippen molar-refractivity contribution in [3.63, 3.8) is 0 Å². The minimum Gasteiger partial charge on any atom is -0.292 e. The van der Waals surface area contributed by atoms with E-state index in [9.17, 15) is 19.2 Å². The molecule has 0 atom stereocenters. The van der Waals surface area contributed by atoms with E-state index >= 15 is 0 Å². The van der Waals surface area contributed by atoms with E-state index in [1.807, 2.05) is 0 Å². The molecular weight excluding hydrogens is 360 g/mol. The Morgan fingerprint density at radius 1 is 1.00 bits per heavy atom. The number of benzene rings is 2. The van der Waals surface area contributed by atoms with E-state index < -0.39 is 23.6 Å². The van der Waals surface area contributed by atoms with E-state index in [1.54, 1.807) is 44.2 Å². The summed E-state index contributed by atoms with van der Waals surface area (Å²) < 4.78 is 0. The summed E-state index contributed by atoms with van der Waals surface area (Å²) in [5, 5.41) is 5.75. The fraction of sp³-hybridized carbons (Fsp3) is 0.200. The largest absolute Gasteiger partial charge is 0.292 e. The van der Waals surface area contributed by atoms with Crippen molar-refractivity contribution < 1.29 is 19.2 Å². The summed E-state index contributed by atoms with van der Waals surface area (Å²) in [6.45, 7) is 3.28. The van der Waals surface area contributed by atoms with Crippen molar-refractivity contribution in [1.29, 1.82) is 0 Å². The van der Waals surface area contributed by atoms with Crippen molar-refractivity contribution in [2.24, 2.45) is 5.84 Å². The van der Waals surface area contributed by atoms with Gasteiger partial charge >= 0.3 is 0 Å². The lowest BCUT2D eigenvalue weighted by Gasteiger charge is -2.22. The van der Waals surface area contributed by atoms with Crippen LogP contribution in [0.2, 0.25) is 0 Å². The van der Waals surface area contributed by atoms with Gasteiger partial charge in [-0.2, -0.15) is 0 Å². The lowest BCUT2D eigenvalue weighted by molar-refractivity contribution is -0.120. The average Bonchev–Trinajstić information content (AvgIpc) is 2.72. The van der Waals surface area contributed by atoms with Crippen molar-refractivity contribution in [2.45, 2.75) is 26.7 Å². The van der Waals surface area contributed by atoms with Crippen LogP contribution in [-0.4, -0.2) is 23.6 Å². The number of hydrogen-bond donors (Lipinski definition) is 3. The first-order chi connectivity index (χ1) is 13.4. The van der Waals surface area contributed by atoms with E-state index in [4.69, 9.17) is 5.84 Å². The fourth-order valence-electron chi connectivity index (χ4n) is 2.32. The second-order valence-electron chi connectivity index (χ2n) is 5.83. The topological polar surface area (TPSA) is 122 Å². The Morgan fingerprint density at radius 2 is 1.64 bits per heavy atom. The quantitative estimate of drug-likeness (QED) is 0.518. The van der Waals surface area contributed by atoms with Crippen LogP contribution in [0.1, 0.15) is 47.4 Å². The molecule has 145 valence electrons. The number of hydrazine groups is 1. The van der Waals surface area contributed by atoms with Gasteiger partial charge in [-0.05, 0) is 36.4 Å². The molecule has 0 aromatic heterocycles. The third-order valence-corrected chi connectivity index (χ3v) is 3.88. The predicted molar refractivity (Wildman–Crippen MR) is 104 cm³/mol. The van der Waals surface area contributed by atoms with Crippen LogP contribution in [0.3, 0.4) is 0 Å². The Labute approximate surface area is 162 Å². The molecule has 2 aromatic rings. The minimum atomic E-state index is -0.600. The number of nitrogens with zero attached hydrogens (tertiary/aromatic N) is 1. The SMILES string of the molecule is CCC(=O)NC(=O)c1cccc(N(N)c2cc[c]cc2C(=O)NC(=O)CC)c1. The number of hydrogen-bond acceptors (Lipinski definition) is 6. The molecule has 2 rings (SSSR count). The molecule has 0 aliphatic heterocycles. The summed E-state index contributed by atoms with van der Waals surface area (Å²) >= 11 is 0. The van der Waals surface area contributed by atoms with Crippen molar-refractivity contribution >= 4 is 35.0 Å². The van der Waals surface area contributed by atoms with Crippen molar-refractivity contribution in [2.75, 3.05) is 5.01 Å². The van der Waals surface area contributed by atoms with Crippen LogP contribution in [-0.2, 0) is 9.59 Å². The van der Waals surface area contributed by atoms with Crippen molar-refractivity contribution in [3.05, 3.63) is 59.7 Å². The molecule has 8 heteroatoms. The summed E-state index contributed by atoms with van der Waals surface area (Å²) in [6.07, 6.45) is 0.349. The van der Waals surface area contributed by atoms with Crippen LogP contribution >= 0.6 is 0 Å². The maximum atomic E-state index is 12.4. The number of rotatable bonds is 6. The zero-order chi connectivity index (χ0) is 20.7. The lowest BCUT2D eigenvalue weighted by Crippen LogP contribution is -2.33. The summed E-state index contributed by atoms with van der Waals surface area (Å²) in [4.78, 5) is 47.5. The fourth-order valence-corrected chi connectivity index (χ4v) is 2.32. The molecule has 0 fully saturated rings. The number of nitrogens with two attached hydrogens (primary N) is 1. The molecule has 1 radical (unpaired) electrons. The van der Waals surface area contributed by atoms with Gasteiger partial charge in [0, 0.05) is 18.4 Å². The standard InChI is InChI=1S/C20H21N4O4/c1-3-17(25)22-19(27)13-8-7-9-14(12-13)24(21)16-11-6-5-10-15(16)20(28)23-18(26)4-2/h6-12H,3-4,21H2,1-2H3,(H,22,25,27)(H,23,26,28). The Bertz CT molecular complexity index is 911. The van der Waals surface area contributed by atoms with Crippen molar-refractivity contribution in [3.8, 4) is 0 Å². The molecule has 4 N–H and O–H groups in total. The van der Waals surface area contributed by atoms with Crippen LogP contribution in [0.4, 0.5) is 11.4 Å². The van der Waals surface area contributed by atoms with Gasteiger partial charge < -0.3 is 0 Å². The Morgan fingerprint density at radius 3 is 2.29 bits per heavy atom. The third-order valence-electron chi connectivity index (χ3n) is 3.88. The number of anilines is 2.